The van der Waals surface area contributed by atoms with E-state index < -0.39 is 0 Å². The van der Waals surface area contributed by atoms with Crippen LogP contribution >= 0.6 is 0 Å². The number of rotatable bonds is 5. The number of hydrogen-bond acceptors (Lipinski definition) is 2. The minimum Gasteiger partial charge on any atom is -0.493 e. The lowest BCUT2D eigenvalue weighted by molar-refractivity contribution is -0.116. The Hall–Kier alpha value is -1.57. The summed E-state index contributed by atoms with van der Waals surface area (Å²) in [5.41, 5.74) is 1.27. The van der Waals surface area contributed by atoms with E-state index in [2.05, 4.69) is 12.1 Å². The van der Waals surface area contributed by atoms with Crippen molar-refractivity contribution < 1.29 is 9.53 Å². The summed E-state index contributed by atoms with van der Waals surface area (Å²) in [6, 6.07) is 10.2. The van der Waals surface area contributed by atoms with Gasteiger partial charge < -0.3 is 4.74 Å². The van der Waals surface area contributed by atoms with Crippen molar-refractivity contribution in [3.63, 3.8) is 0 Å². The summed E-state index contributed by atoms with van der Waals surface area (Å²) in [5.74, 6) is 0.427. The summed E-state index contributed by atoms with van der Waals surface area (Å²) in [5, 5.41) is 0. The molecule has 0 bridgehead atoms. The van der Waals surface area contributed by atoms with Gasteiger partial charge in [-0.15, -0.1) is 0 Å². The van der Waals surface area contributed by atoms with Crippen LogP contribution in [0.15, 0.2) is 42.2 Å². The molecule has 0 unspecified atom stereocenters. The molecule has 0 atom stereocenters. The van der Waals surface area contributed by atoms with Crippen molar-refractivity contribution in [1.82, 2.24) is 0 Å². The van der Waals surface area contributed by atoms with E-state index in [-0.39, 0.29) is 5.78 Å². The van der Waals surface area contributed by atoms with E-state index in [9.17, 15) is 4.79 Å². The number of benzene rings is 1. The number of carbonyl (C=O) groups is 1. The summed E-state index contributed by atoms with van der Waals surface area (Å²) in [7, 11) is 1.52. The van der Waals surface area contributed by atoms with Gasteiger partial charge in [0.05, 0.1) is 7.11 Å². The lowest BCUT2D eigenvalue weighted by atomic mass is 10.1. The van der Waals surface area contributed by atoms with Gasteiger partial charge in [-0.25, -0.2) is 0 Å². The highest BCUT2D eigenvalue weighted by Gasteiger charge is 2.01. The zero-order chi connectivity index (χ0) is 11.1. The van der Waals surface area contributed by atoms with Crippen LogP contribution in [0.1, 0.15) is 18.9 Å². The number of allylic oxidation sites excluding steroid dienone is 2. The summed E-state index contributed by atoms with van der Waals surface area (Å²) in [6.45, 7) is 1.51. The maximum atomic E-state index is 11.0. The Bertz CT molecular complexity index is 339. The quantitative estimate of drug-likeness (QED) is 0.544. The van der Waals surface area contributed by atoms with Crippen molar-refractivity contribution in [2.24, 2.45) is 0 Å². The largest absolute Gasteiger partial charge is 0.493 e. The average Bonchev–Trinajstić information content (AvgIpc) is 2.25. The first kappa shape index (κ1) is 11.5. The molecule has 0 saturated heterocycles. The number of ketones is 1. The molecule has 0 aliphatic heterocycles. The topological polar surface area (TPSA) is 26.3 Å². The number of hydrogen-bond donors (Lipinski definition) is 0. The predicted molar refractivity (Wildman–Crippen MR) is 60.5 cm³/mol. The Morgan fingerprint density at radius 2 is 2.00 bits per heavy atom. The molecule has 0 aromatic heterocycles. The average molecular weight is 204 g/mol. The van der Waals surface area contributed by atoms with Crippen molar-refractivity contribution in [2.75, 3.05) is 7.11 Å². The monoisotopic (exact) mass is 204 g/mol. The van der Waals surface area contributed by atoms with E-state index in [1.165, 1.54) is 19.6 Å². The first-order chi connectivity index (χ1) is 7.24. The molecule has 0 saturated carbocycles. The van der Waals surface area contributed by atoms with Crippen LogP contribution in [0.2, 0.25) is 0 Å². The van der Waals surface area contributed by atoms with E-state index in [0.29, 0.717) is 5.76 Å². The minimum absolute atomic E-state index is 0.0226. The van der Waals surface area contributed by atoms with Gasteiger partial charge in [0, 0.05) is 6.92 Å². The molecule has 1 aromatic rings. The Labute approximate surface area is 90.6 Å². The smallest absolute Gasteiger partial charge is 0.193 e. The summed E-state index contributed by atoms with van der Waals surface area (Å²) < 4.78 is 4.96. The Morgan fingerprint density at radius 1 is 1.33 bits per heavy atom. The minimum atomic E-state index is -0.0226. The molecule has 2 heteroatoms. The molecule has 1 rings (SSSR count). The van der Waals surface area contributed by atoms with Crippen LogP contribution < -0.4 is 0 Å². The fourth-order valence-corrected chi connectivity index (χ4v) is 1.39. The molecule has 80 valence electrons. The molecule has 15 heavy (non-hydrogen) atoms. The number of methoxy groups -OCH3 is 1. The molecule has 0 radical (unpaired) electrons. The van der Waals surface area contributed by atoms with E-state index in [0.717, 1.165) is 12.8 Å². The second-order valence-corrected chi connectivity index (χ2v) is 3.35. The van der Waals surface area contributed by atoms with Crippen molar-refractivity contribution >= 4 is 5.78 Å². The first-order valence-electron chi connectivity index (χ1n) is 5.03. The zero-order valence-corrected chi connectivity index (χ0v) is 9.19. The fraction of sp³-hybridized carbons (Fsp3) is 0.308. The Balaban J connectivity index is 2.48. The summed E-state index contributed by atoms with van der Waals surface area (Å²) >= 11 is 0. The Morgan fingerprint density at radius 3 is 2.53 bits per heavy atom. The maximum absolute atomic E-state index is 11.0. The molecule has 1 aromatic carbocycles. The van der Waals surface area contributed by atoms with Crippen LogP contribution in [0.25, 0.3) is 0 Å². The molecule has 0 N–H and O–H groups in total. The third-order valence-corrected chi connectivity index (χ3v) is 2.17. The second kappa shape index (κ2) is 6.02. The summed E-state index contributed by atoms with van der Waals surface area (Å²) in [6.07, 6.45) is 3.60. The lowest BCUT2D eigenvalue weighted by Crippen LogP contribution is -1.98. The van der Waals surface area contributed by atoms with Crippen LogP contribution in [0, 0.1) is 0 Å². The third kappa shape index (κ3) is 3.98. The van der Waals surface area contributed by atoms with Gasteiger partial charge in [0.2, 0.25) is 0 Å². The van der Waals surface area contributed by atoms with Gasteiger partial charge in [0.25, 0.3) is 0 Å². The van der Waals surface area contributed by atoms with Gasteiger partial charge in [-0.2, -0.15) is 0 Å². The maximum Gasteiger partial charge on any atom is 0.193 e. The molecule has 0 aliphatic carbocycles. The van der Waals surface area contributed by atoms with Crippen molar-refractivity contribution in [2.45, 2.75) is 19.8 Å². The second-order valence-electron chi connectivity index (χ2n) is 3.35. The SMILES string of the molecule is CO/C(=C\CCc1ccccc1)C(C)=O. The summed E-state index contributed by atoms with van der Waals surface area (Å²) in [4.78, 5) is 11.0. The molecular formula is C13H16O2. The molecule has 0 spiro atoms. The molecule has 0 fully saturated rings. The lowest BCUT2D eigenvalue weighted by Gasteiger charge is -2.01. The van der Waals surface area contributed by atoms with Gasteiger partial charge in [0.15, 0.2) is 11.5 Å². The van der Waals surface area contributed by atoms with E-state index in [1.807, 2.05) is 24.3 Å². The predicted octanol–water partition coefficient (Wildman–Crippen LogP) is 2.74. The molecule has 0 heterocycles. The van der Waals surface area contributed by atoms with Gasteiger partial charge in [0.1, 0.15) is 0 Å². The van der Waals surface area contributed by atoms with Crippen LogP contribution in [-0.2, 0) is 16.0 Å². The first-order valence-corrected chi connectivity index (χ1v) is 5.03. The van der Waals surface area contributed by atoms with Gasteiger partial charge in [-0.05, 0) is 24.5 Å². The normalized spacial score (nSPS) is 11.2. The fourth-order valence-electron chi connectivity index (χ4n) is 1.39. The van der Waals surface area contributed by atoms with Crippen molar-refractivity contribution in [3.8, 4) is 0 Å². The van der Waals surface area contributed by atoms with Gasteiger partial charge in [-0.3, -0.25) is 4.79 Å². The molecule has 0 aliphatic rings. The highest BCUT2D eigenvalue weighted by Crippen LogP contribution is 2.05. The van der Waals surface area contributed by atoms with E-state index in [1.54, 1.807) is 0 Å². The zero-order valence-electron chi connectivity index (χ0n) is 9.19. The molecular weight excluding hydrogens is 188 g/mol. The van der Waals surface area contributed by atoms with Crippen LogP contribution in [0.3, 0.4) is 0 Å². The van der Waals surface area contributed by atoms with Crippen LogP contribution in [-0.4, -0.2) is 12.9 Å². The molecule has 2 nitrogen and oxygen atoms in total. The highest BCUT2D eigenvalue weighted by atomic mass is 16.5. The number of Topliss-reactive ketones (excluding diaryl/α,β-unsaturated/α-hetero) is 1. The Kier molecular flexibility index (Phi) is 4.61. The van der Waals surface area contributed by atoms with Crippen LogP contribution in [0.5, 0.6) is 0 Å². The van der Waals surface area contributed by atoms with Gasteiger partial charge >= 0.3 is 0 Å². The molecule has 0 amide bonds. The number of carbonyl (C=O) groups excluding carboxylic acids is 1. The highest BCUT2D eigenvalue weighted by molar-refractivity contribution is 5.91. The number of ether oxygens (including phenoxy) is 1. The van der Waals surface area contributed by atoms with E-state index >= 15 is 0 Å². The third-order valence-electron chi connectivity index (χ3n) is 2.17. The van der Waals surface area contributed by atoms with Gasteiger partial charge in [-0.1, -0.05) is 30.3 Å². The standard InChI is InChI=1S/C13H16O2/c1-11(14)13(15-2)10-6-9-12-7-4-3-5-8-12/h3-5,7-8,10H,6,9H2,1-2H3/b13-10-. The van der Waals surface area contributed by atoms with Crippen molar-refractivity contribution in [3.05, 3.63) is 47.7 Å². The number of aryl methyl sites for hydroxylation is 1. The van der Waals surface area contributed by atoms with Crippen LogP contribution in [0.4, 0.5) is 0 Å². The van der Waals surface area contributed by atoms with E-state index in [4.69, 9.17) is 4.74 Å². The van der Waals surface area contributed by atoms with Crippen molar-refractivity contribution in [1.29, 1.82) is 0 Å².